The number of aryl methyl sites for hydroxylation is 2. The fourth-order valence-corrected chi connectivity index (χ4v) is 6.51. The number of thiophene rings is 1. The average Bonchev–Trinajstić information content (AvgIpc) is 3.17. The molecule has 5 nitrogen and oxygen atoms in total. The molecule has 1 aliphatic rings. The highest BCUT2D eigenvalue weighted by molar-refractivity contribution is 7.99. The van der Waals surface area contributed by atoms with Crippen LogP contribution in [-0.4, -0.2) is 21.2 Å². The summed E-state index contributed by atoms with van der Waals surface area (Å²) in [7, 11) is 0. The van der Waals surface area contributed by atoms with Crippen molar-refractivity contribution < 1.29 is 9.18 Å². The average molecular weight is 494 g/mol. The number of anilines is 1. The Labute approximate surface area is 205 Å². The van der Waals surface area contributed by atoms with Crippen LogP contribution in [0.4, 0.5) is 10.1 Å². The lowest BCUT2D eigenvalue weighted by Crippen LogP contribution is -2.23. The van der Waals surface area contributed by atoms with Crippen LogP contribution in [0.3, 0.4) is 0 Å². The molecule has 0 fully saturated rings. The van der Waals surface area contributed by atoms with Gasteiger partial charge in [0.05, 0.1) is 22.5 Å². The minimum atomic E-state index is -0.490. The van der Waals surface area contributed by atoms with Crippen molar-refractivity contribution in [3.63, 3.8) is 0 Å². The van der Waals surface area contributed by atoms with Crippen LogP contribution in [0, 0.1) is 18.7 Å². The molecule has 1 atom stereocenters. The molecule has 2 aromatic heterocycles. The number of para-hydroxylation sites is 1. The van der Waals surface area contributed by atoms with E-state index in [9.17, 15) is 14.0 Å². The highest BCUT2D eigenvalue weighted by Gasteiger charge is 2.25. The summed E-state index contributed by atoms with van der Waals surface area (Å²) < 4.78 is 15.5. The van der Waals surface area contributed by atoms with Crippen LogP contribution >= 0.6 is 23.1 Å². The number of nitrogens with one attached hydrogen (secondary N) is 1. The first-order valence-corrected chi connectivity index (χ1v) is 13.0. The van der Waals surface area contributed by atoms with Crippen molar-refractivity contribution in [3.05, 3.63) is 80.7 Å². The summed E-state index contributed by atoms with van der Waals surface area (Å²) in [6.07, 6.45) is 2.92. The van der Waals surface area contributed by atoms with Crippen molar-refractivity contribution >= 4 is 44.9 Å². The van der Waals surface area contributed by atoms with Crippen molar-refractivity contribution in [3.8, 4) is 5.69 Å². The van der Waals surface area contributed by atoms with Crippen LogP contribution in [-0.2, 0) is 17.6 Å². The molecule has 34 heavy (non-hydrogen) atoms. The van der Waals surface area contributed by atoms with E-state index < -0.39 is 5.82 Å². The van der Waals surface area contributed by atoms with Crippen LogP contribution in [0.1, 0.15) is 29.3 Å². The van der Waals surface area contributed by atoms with Gasteiger partial charge in [-0.15, -0.1) is 11.3 Å². The number of aromatic nitrogens is 2. The van der Waals surface area contributed by atoms with E-state index in [0.717, 1.165) is 35.2 Å². The number of nitrogens with zero attached hydrogens (tertiary/aromatic N) is 2. The lowest BCUT2D eigenvalue weighted by molar-refractivity contribution is -0.113. The summed E-state index contributed by atoms with van der Waals surface area (Å²) in [5.41, 5.74) is 2.97. The standard InChI is InChI=1S/C26H24FN3O2S2/c1-15-7-10-17(11-8-15)30-25(32)23-18-12-9-16(2)13-21(18)34-24(23)29-26(30)33-14-22(31)28-20-6-4-3-5-19(20)27/h3-8,10-11,16H,9,12-14H2,1-2H3,(H,28,31). The van der Waals surface area contributed by atoms with E-state index in [-0.39, 0.29) is 22.9 Å². The number of thioether (sulfide) groups is 1. The number of halogens is 1. The molecule has 2 heterocycles. The van der Waals surface area contributed by atoms with Gasteiger partial charge in [-0.05, 0) is 61.9 Å². The number of hydrogen-bond donors (Lipinski definition) is 1. The molecule has 4 aromatic rings. The Hall–Kier alpha value is -2.97. The van der Waals surface area contributed by atoms with Gasteiger partial charge in [-0.3, -0.25) is 14.2 Å². The van der Waals surface area contributed by atoms with E-state index in [1.54, 1.807) is 28.0 Å². The zero-order chi connectivity index (χ0) is 23.8. The van der Waals surface area contributed by atoms with Gasteiger partial charge in [-0.1, -0.05) is 48.5 Å². The normalized spacial score (nSPS) is 15.3. The van der Waals surface area contributed by atoms with Gasteiger partial charge in [0.1, 0.15) is 10.6 Å². The van der Waals surface area contributed by atoms with Crippen LogP contribution in [0.15, 0.2) is 58.5 Å². The highest BCUT2D eigenvalue weighted by atomic mass is 32.2. The molecule has 8 heteroatoms. The Morgan fingerprint density at radius 1 is 1.24 bits per heavy atom. The molecule has 2 aromatic carbocycles. The van der Waals surface area contributed by atoms with Crippen LogP contribution in [0.2, 0.25) is 0 Å². The Morgan fingerprint density at radius 3 is 2.76 bits per heavy atom. The summed E-state index contributed by atoms with van der Waals surface area (Å²) in [5.74, 6) is -0.259. The largest absolute Gasteiger partial charge is 0.323 e. The topological polar surface area (TPSA) is 64.0 Å². The van der Waals surface area contributed by atoms with Crippen molar-refractivity contribution in [1.29, 1.82) is 0 Å². The molecule has 1 aliphatic carbocycles. The molecule has 1 unspecified atom stereocenters. The number of rotatable bonds is 5. The number of carbonyl (C=O) groups excluding carboxylic acids is 1. The number of fused-ring (bicyclic) bond motifs is 3. The molecule has 0 spiro atoms. The zero-order valence-electron chi connectivity index (χ0n) is 18.9. The molecule has 5 rings (SSSR count). The van der Waals surface area contributed by atoms with Gasteiger partial charge in [0.2, 0.25) is 5.91 Å². The molecule has 1 N–H and O–H groups in total. The quantitative estimate of drug-likeness (QED) is 0.284. The lowest BCUT2D eigenvalue weighted by Gasteiger charge is -2.18. The first-order chi connectivity index (χ1) is 16.4. The predicted molar refractivity (Wildman–Crippen MR) is 137 cm³/mol. The van der Waals surface area contributed by atoms with E-state index in [1.807, 2.05) is 31.2 Å². The molecule has 174 valence electrons. The maximum Gasteiger partial charge on any atom is 0.267 e. The molecular formula is C26H24FN3O2S2. The second kappa shape index (κ2) is 9.35. The number of carbonyl (C=O) groups is 1. The third-order valence-electron chi connectivity index (χ3n) is 6.07. The van der Waals surface area contributed by atoms with E-state index >= 15 is 0 Å². The Kier molecular flexibility index (Phi) is 6.27. The third kappa shape index (κ3) is 4.40. The summed E-state index contributed by atoms with van der Waals surface area (Å²) in [5, 5.41) is 3.75. The number of hydrogen-bond acceptors (Lipinski definition) is 5. The molecule has 0 bridgehead atoms. The second-order valence-electron chi connectivity index (χ2n) is 8.72. The maximum atomic E-state index is 13.9. The van der Waals surface area contributed by atoms with Gasteiger partial charge < -0.3 is 5.32 Å². The summed E-state index contributed by atoms with van der Waals surface area (Å²) in [6.45, 7) is 4.23. The SMILES string of the molecule is Cc1ccc(-n2c(SCC(=O)Nc3ccccc3F)nc3sc4c(c3c2=O)CCC(C)C4)cc1. The smallest absolute Gasteiger partial charge is 0.267 e. The van der Waals surface area contributed by atoms with Gasteiger partial charge in [-0.2, -0.15) is 0 Å². The zero-order valence-corrected chi connectivity index (χ0v) is 20.6. The molecular weight excluding hydrogens is 469 g/mol. The van der Waals surface area contributed by atoms with E-state index in [1.165, 1.54) is 28.8 Å². The maximum absolute atomic E-state index is 13.9. The first kappa shape index (κ1) is 22.8. The highest BCUT2D eigenvalue weighted by Crippen LogP contribution is 2.37. The second-order valence-corrected chi connectivity index (χ2v) is 10.7. The Morgan fingerprint density at radius 2 is 2.00 bits per heavy atom. The van der Waals surface area contributed by atoms with Gasteiger partial charge in [0.25, 0.3) is 5.56 Å². The van der Waals surface area contributed by atoms with Crippen LogP contribution in [0.5, 0.6) is 0 Å². The molecule has 0 radical (unpaired) electrons. The minimum absolute atomic E-state index is 0.000264. The molecule has 0 saturated carbocycles. The monoisotopic (exact) mass is 493 g/mol. The summed E-state index contributed by atoms with van der Waals surface area (Å²) >= 11 is 2.77. The fraction of sp³-hybridized carbons (Fsp3) is 0.269. The first-order valence-electron chi connectivity index (χ1n) is 11.2. The lowest BCUT2D eigenvalue weighted by atomic mass is 9.89. The van der Waals surface area contributed by atoms with Crippen molar-refractivity contribution in [2.24, 2.45) is 5.92 Å². The van der Waals surface area contributed by atoms with Crippen molar-refractivity contribution in [2.75, 3.05) is 11.1 Å². The summed E-state index contributed by atoms with van der Waals surface area (Å²) in [4.78, 5) is 33.2. The van der Waals surface area contributed by atoms with Gasteiger partial charge in [-0.25, -0.2) is 9.37 Å². The third-order valence-corrected chi connectivity index (χ3v) is 8.16. The number of amides is 1. The molecule has 0 saturated heterocycles. The minimum Gasteiger partial charge on any atom is -0.323 e. The predicted octanol–water partition coefficient (Wildman–Crippen LogP) is 5.75. The van der Waals surface area contributed by atoms with E-state index in [0.29, 0.717) is 22.1 Å². The summed E-state index contributed by atoms with van der Waals surface area (Å²) in [6, 6.07) is 13.8. The van der Waals surface area contributed by atoms with Gasteiger partial charge >= 0.3 is 0 Å². The van der Waals surface area contributed by atoms with E-state index in [2.05, 4.69) is 12.2 Å². The fourth-order valence-electron chi connectivity index (χ4n) is 4.27. The van der Waals surface area contributed by atoms with Gasteiger partial charge in [0.15, 0.2) is 5.16 Å². The van der Waals surface area contributed by atoms with Crippen LogP contribution < -0.4 is 10.9 Å². The Bertz CT molecular complexity index is 1440. The Balaban J connectivity index is 1.54. The van der Waals surface area contributed by atoms with Crippen LogP contribution in [0.25, 0.3) is 15.9 Å². The molecule has 1 amide bonds. The van der Waals surface area contributed by atoms with E-state index in [4.69, 9.17) is 4.98 Å². The van der Waals surface area contributed by atoms with Gasteiger partial charge in [0, 0.05) is 4.88 Å². The molecule has 0 aliphatic heterocycles. The van der Waals surface area contributed by atoms with Crippen molar-refractivity contribution in [1.82, 2.24) is 9.55 Å². The number of benzene rings is 2. The van der Waals surface area contributed by atoms with Crippen molar-refractivity contribution in [2.45, 2.75) is 38.3 Å².